The maximum absolute atomic E-state index is 5.86. The molecule has 20 heavy (non-hydrogen) atoms. The Morgan fingerprint density at radius 3 is 2.55 bits per heavy atom. The van der Waals surface area contributed by atoms with Crippen LogP contribution in [0.5, 0.6) is 5.75 Å². The molecule has 0 amide bonds. The highest BCUT2D eigenvalue weighted by atomic mass is 35.5. The van der Waals surface area contributed by atoms with Crippen molar-refractivity contribution >= 4 is 17.3 Å². The molecule has 2 aromatic carbocycles. The summed E-state index contributed by atoms with van der Waals surface area (Å²) >= 11 is 5.86. The molecule has 0 heterocycles. The first-order chi connectivity index (χ1) is 9.70. The molecule has 1 N–H and O–H groups in total. The zero-order chi connectivity index (χ0) is 14.4. The lowest BCUT2D eigenvalue weighted by Gasteiger charge is -2.08. The van der Waals surface area contributed by atoms with E-state index in [4.69, 9.17) is 16.3 Å². The highest BCUT2D eigenvalue weighted by molar-refractivity contribution is 6.30. The summed E-state index contributed by atoms with van der Waals surface area (Å²) in [6.45, 7) is 2.58. The van der Waals surface area contributed by atoms with Crippen molar-refractivity contribution in [1.29, 1.82) is 0 Å². The fraction of sp³-hybridized carbons (Fsp3) is 0.188. The minimum Gasteiger partial charge on any atom is -0.496 e. The number of halogens is 1. The number of nitrogens with one attached hydrogen (secondary N) is 1. The Morgan fingerprint density at radius 1 is 1.15 bits per heavy atom. The van der Waals surface area contributed by atoms with Crippen molar-refractivity contribution in [2.45, 2.75) is 13.5 Å². The van der Waals surface area contributed by atoms with Crippen LogP contribution in [0.3, 0.4) is 0 Å². The number of nitrogens with zero attached hydrogens (tertiary/aromatic N) is 1. The molecule has 0 fully saturated rings. The summed E-state index contributed by atoms with van der Waals surface area (Å²) in [5.41, 5.74) is 6.09. The summed E-state index contributed by atoms with van der Waals surface area (Å²) in [4.78, 5) is 0. The number of hydrogen-bond donors (Lipinski definition) is 1. The predicted molar refractivity (Wildman–Crippen MR) is 83.5 cm³/mol. The summed E-state index contributed by atoms with van der Waals surface area (Å²) in [6.07, 6.45) is 0. The van der Waals surface area contributed by atoms with E-state index in [9.17, 15) is 0 Å². The van der Waals surface area contributed by atoms with Crippen molar-refractivity contribution in [3.63, 3.8) is 0 Å². The van der Waals surface area contributed by atoms with Crippen LogP contribution in [-0.2, 0) is 6.54 Å². The van der Waals surface area contributed by atoms with Gasteiger partial charge in [0.2, 0.25) is 0 Å². The molecule has 0 aliphatic rings. The van der Waals surface area contributed by atoms with Gasteiger partial charge in [-0.1, -0.05) is 41.9 Å². The molecule has 0 spiro atoms. The van der Waals surface area contributed by atoms with Gasteiger partial charge in [-0.2, -0.15) is 5.10 Å². The highest BCUT2D eigenvalue weighted by Gasteiger charge is 2.01. The van der Waals surface area contributed by atoms with E-state index in [0.29, 0.717) is 6.54 Å². The second-order valence-electron chi connectivity index (χ2n) is 4.35. The van der Waals surface area contributed by atoms with Gasteiger partial charge in [-0.25, -0.2) is 0 Å². The highest BCUT2D eigenvalue weighted by Crippen LogP contribution is 2.16. The van der Waals surface area contributed by atoms with E-state index in [1.54, 1.807) is 7.11 Å². The largest absolute Gasteiger partial charge is 0.496 e. The Labute approximate surface area is 124 Å². The van der Waals surface area contributed by atoms with Crippen LogP contribution in [0, 0.1) is 0 Å². The van der Waals surface area contributed by atoms with Crippen LogP contribution in [0.4, 0.5) is 0 Å². The van der Waals surface area contributed by atoms with E-state index in [-0.39, 0.29) is 0 Å². The zero-order valence-corrected chi connectivity index (χ0v) is 12.3. The van der Waals surface area contributed by atoms with E-state index in [1.165, 1.54) is 0 Å². The first-order valence-electron chi connectivity index (χ1n) is 6.35. The molecular weight excluding hydrogens is 272 g/mol. The molecule has 0 aromatic heterocycles. The number of rotatable bonds is 5. The molecule has 4 heteroatoms. The fourth-order valence-electron chi connectivity index (χ4n) is 1.85. The lowest BCUT2D eigenvalue weighted by atomic mass is 10.1. The quantitative estimate of drug-likeness (QED) is 0.669. The van der Waals surface area contributed by atoms with Gasteiger partial charge in [-0.15, -0.1) is 0 Å². The van der Waals surface area contributed by atoms with Crippen molar-refractivity contribution < 1.29 is 4.74 Å². The van der Waals surface area contributed by atoms with E-state index >= 15 is 0 Å². The van der Waals surface area contributed by atoms with Crippen LogP contribution >= 0.6 is 11.6 Å². The summed E-state index contributed by atoms with van der Waals surface area (Å²) in [6, 6.07) is 15.5. The second kappa shape index (κ2) is 6.96. The van der Waals surface area contributed by atoms with E-state index in [0.717, 1.165) is 27.6 Å². The molecule has 0 radical (unpaired) electrons. The first-order valence-corrected chi connectivity index (χ1v) is 6.73. The molecule has 0 aliphatic heterocycles. The third kappa shape index (κ3) is 3.75. The topological polar surface area (TPSA) is 33.6 Å². The standard InChI is InChI=1S/C16H17ClN2O/c1-12(13-7-9-15(17)10-8-13)19-18-11-14-5-3-4-6-16(14)20-2/h3-10,18H,11H2,1-2H3/b19-12+. The summed E-state index contributed by atoms with van der Waals surface area (Å²) in [7, 11) is 1.67. The number of ether oxygens (including phenoxy) is 1. The molecule has 3 nitrogen and oxygen atoms in total. The number of para-hydroxylation sites is 1. The molecule has 0 aliphatic carbocycles. The van der Waals surface area contributed by atoms with Gasteiger partial charge < -0.3 is 10.2 Å². The lowest BCUT2D eigenvalue weighted by Crippen LogP contribution is -2.10. The molecule has 0 atom stereocenters. The zero-order valence-electron chi connectivity index (χ0n) is 11.6. The maximum Gasteiger partial charge on any atom is 0.123 e. The Morgan fingerprint density at radius 2 is 1.85 bits per heavy atom. The maximum atomic E-state index is 5.86. The summed E-state index contributed by atoms with van der Waals surface area (Å²) in [5.74, 6) is 0.861. The minimum atomic E-state index is 0.620. The molecule has 0 saturated heterocycles. The Bertz CT molecular complexity index is 594. The predicted octanol–water partition coefficient (Wildman–Crippen LogP) is 3.86. The van der Waals surface area contributed by atoms with Gasteiger partial charge in [0.05, 0.1) is 19.4 Å². The van der Waals surface area contributed by atoms with E-state index in [1.807, 2.05) is 55.5 Å². The van der Waals surface area contributed by atoms with Gasteiger partial charge in [0.25, 0.3) is 0 Å². The third-order valence-corrected chi connectivity index (χ3v) is 3.22. The van der Waals surface area contributed by atoms with Crippen LogP contribution in [0.15, 0.2) is 53.6 Å². The number of benzene rings is 2. The van der Waals surface area contributed by atoms with Gasteiger partial charge in [-0.3, -0.25) is 0 Å². The van der Waals surface area contributed by atoms with Crippen molar-refractivity contribution in [2.75, 3.05) is 7.11 Å². The van der Waals surface area contributed by atoms with E-state index < -0.39 is 0 Å². The Balaban J connectivity index is 2.00. The molecule has 104 valence electrons. The van der Waals surface area contributed by atoms with Gasteiger partial charge in [0.1, 0.15) is 5.75 Å². The fourth-order valence-corrected chi connectivity index (χ4v) is 1.97. The molecule has 0 unspecified atom stereocenters. The lowest BCUT2D eigenvalue weighted by molar-refractivity contribution is 0.408. The van der Waals surface area contributed by atoms with Gasteiger partial charge >= 0.3 is 0 Å². The van der Waals surface area contributed by atoms with Crippen molar-refractivity contribution in [1.82, 2.24) is 5.43 Å². The SMILES string of the molecule is COc1ccccc1CN/N=C(\C)c1ccc(Cl)cc1. The molecule has 0 bridgehead atoms. The van der Waals surface area contributed by atoms with Crippen molar-refractivity contribution in [3.05, 3.63) is 64.7 Å². The Kier molecular flexibility index (Phi) is 5.02. The van der Waals surface area contributed by atoms with Gasteiger partial charge in [0.15, 0.2) is 0 Å². The normalized spacial score (nSPS) is 11.2. The van der Waals surface area contributed by atoms with Crippen LogP contribution in [0.25, 0.3) is 0 Å². The number of hydrogen-bond acceptors (Lipinski definition) is 3. The summed E-state index contributed by atoms with van der Waals surface area (Å²) in [5, 5.41) is 5.09. The van der Waals surface area contributed by atoms with E-state index in [2.05, 4.69) is 10.5 Å². The number of hydrazone groups is 1. The average molecular weight is 289 g/mol. The molecular formula is C16H17ClN2O. The Hall–Kier alpha value is -2.00. The van der Waals surface area contributed by atoms with Crippen molar-refractivity contribution in [3.8, 4) is 5.75 Å². The molecule has 2 aromatic rings. The minimum absolute atomic E-state index is 0.620. The van der Waals surface area contributed by atoms with Crippen LogP contribution in [0.1, 0.15) is 18.1 Å². The molecule has 2 rings (SSSR count). The molecule has 0 saturated carbocycles. The van der Waals surface area contributed by atoms with Gasteiger partial charge in [0, 0.05) is 10.6 Å². The van der Waals surface area contributed by atoms with Crippen LogP contribution in [0.2, 0.25) is 5.02 Å². The van der Waals surface area contributed by atoms with Crippen LogP contribution in [-0.4, -0.2) is 12.8 Å². The first kappa shape index (κ1) is 14.4. The van der Waals surface area contributed by atoms with Crippen LogP contribution < -0.4 is 10.2 Å². The smallest absolute Gasteiger partial charge is 0.123 e. The van der Waals surface area contributed by atoms with Gasteiger partial charge in [-0.05, 0) is 30.7 Å². The van der Waals surface area contributed by atoms with Crippen molar-refractivity contribution in [2.24, 2.45) is 5.10 Å². The third-order valence-electron chi connectivity index (χ3n) is 2.97. The number of methoxy groups -OCH3 is 1. The summed E-state index contributed by atoms with van der Waals surface area (Å²) < 4.78 is 5.30. The monoisotopic (exact) mass is 288 g/mol. The second-order valence-corrected chi connectivity index (χ2v) is 4.79. The average Bonchev–Trinajstić information content (AvgIpc) is 2.48.